The number of primary amides is 1. The molecular formula is C16H19FN4O3. The maximum atomic E-state index is 13.0. The van der Waals surface area contributed by atoms with Crippen LogP contribution < -0.4 is 11.1 Å². The summed E-state index contributed by atoms with van der Waals surface area (Å²) in [6, 6.07) is 5.80. The van der Waals surface area contributed by atoms with E-state index >= 15 is 0 Å². The van der Waals surface area contributed by atoms with Crippen LogP contribution in [0.15, 0.2) is 28.7 Å². The van der Waals surface area contributed by atoms with Gasteiger partial charge in [0, 0.05) is 31.2 Å². The van der Waals surface area contributed by atoms with Crippen molar-refractivity contribution in [2.24, 2.45) is 11.7 Å². The third-order valence-electron chi connectivity index (χ3n) is 4.08. The Bertz CT molecular complexity index is 683. The Kier molecular flexibility index (Phi) is 5.05. The molecule has 24 heavy (non-hydrogen) atoms. The van der Waals surface area contributed by atoms with E-state index in [1.54, 1.807) is 12.1 Å². The summed E-state index contributed by atoms with van der Waals surface area (Å²) in [5, 5.41) is 11.0. The molecule has 8 heteroatoms. The van der Waals surface area contributed by atoms with Crippen molar-refractivity contribution in [2.45, 2.75) is 25.3 Å². The summed E-state index contributed by atoms with van der Waals surface area (Å²) in [5.74, 6) is -0.204. The molecule has 0 bridgehead atoms. The molecular weight excluding hydrogens is 315 g/mol. The quantitative estimate of drug-likeness (QED) is 0.837. The van der Waals surface area contributed by atoms with E-state index in [9.17, 15) is 9.18 Å². The lowest BCUT2D eigenvalue weighted by Crippen LogP contribution is -2.37. The zero-order valence-electron chi connectivity index (χ0n) is 13.1. The topological polar surface area (TPSA) is 103 Å². The van der Waals surface area contributed by atoms with Crippen LogP contribution >= 0.6 is 0 Å². The number of halogens is 1. The molecule has 0 radical (unpaired) electrons. The SMILES string of the molecule is NC(=O)CC(Nc1nnc(-c2ccc(F)cc2)o1)C1CCOCC1. The molecule has 1 amide bonds. The Labute approximate surface area is 138 Å². The van der Waals surface area contributed by atoms with E-state index in [1.165, 1.54) is 12.1 Å². The highest BCUT2D eigenvalue weighted by atomic mass is 19.1. The van der Waals surface area contributed by atoms with Crippen molar-refractivity contribution >= 4 is 11.9 Å². The van der Waals surface area contributed by atoms with Crippen LogP contribution in [0.2, 0.25) is 0 Å². The van der Waals surface area contributed by atoms with Gasteiger partial charge in [0.25, 0.3) is 0 Å². The minimum absolute atomic E-state index is 0.179. The fourth-order valence-corrected chi connectivity index (χ4v) is 2.82. The molecule has 1 saturated heterocycles. The Morgan fingerprint density at radius 2 is 2.00 bits per heavy atom. The normalized spacial score (nSPS) is 16.7. The molecule has 1 aromatic heterocycles. The predicted octanol–water partition coefficient (Wildman–Crippen LogP) is 1.96. The minimum atomic E-state index is -0.391. The first kappa shape index (κ1) is 16.4. The molecule has 2 aromatic rings. The van der Waals surface area contributed by atoms with Gasteiger partial charge in [0.15, 0.2) is 0 Å². The molecule has 1 aromatic carbocycles. The van der Waals surface area contributed by atoms with Crippen molar-refractivity contribution in [1.82, 2.24) is 10.2 Å². The van der Waals surface area contributed by atoms with E-state index in [4.69, 9.17) is 14.9 Å². The largest absolute Gasteiger partial charge is 0.403 e. The monoisotopic (exact) mass is 334 g/mol. The van der Waals surface area contributed by atoms with Crippen LogP contribution in [0.3, 0.4) is 0 Å². The van der Waals surface area contributed by atoms with Gasteiger partial charge in [0.2, 0.25) is 11.8 Å². The van der Waals surface area contributed by atoms with Gasteiger partial charge in [-0.05, 0) is 43.0 Å². The Hall–Kier alpha value is -2.48. The summed E-state index contributed by atoms with van der Waals surface area (Å²) in [6.45, 7) is 1.32. The Morgan fingerprint density at radius 1 is 1.29 bits per heavy atom. The molecule has 1 aliphatic heterocycles. The third kappa shape index (κ3) is 4.08. The van der Waals surface area contributed by atoms with E-state index in [1.807, 2.05) is 0 Å². The van der Waals surface area contributed by atoms with Crippen molar-refractivity contribution in [1.29, 1.82) is 0 Å². The van der Waals surface area contributed by atoms with Gasteiger partial charge in [0.1, 0.15) is 5.82 Å². The zero-order chi connectivity index (χ0) is 16.9. The molecule has 2 heterocycles. The van der Waals surface area contributed by atoms with Crippen molar-refractivity contribution in [3.63, 3.8) is 0 Å². The maximum absolute atomic E-state index is 13.0. The molecule has 1 aliphatic rings. The standard InChI is InChI=1S/C16H19FN4O3/c17-12-3-1-11(2-4-12)15-20-21-16(24-15)19-13(9-14(18)22)10-5-7-23-8-6-10/h1-4,10,13H,5-9H2,(H2,18,22)(H,19,21). The number of anilines is 1. The highest BCUT2D eigenvalue weighted by molar-refractivity contribution is 5.74. The summed E-state index contributed by atoms with van der Waals surface area (Å²) in [7, 11) is 0. The second kappa shape index (κ2) is 7.39. The first-order chi connectivity index (χ1) is 11.6. The summed E-state index contributed by atoms with van der Waals surface area (Å²) >= 11 is 0. The van der Waals surface area contributed by atoms with E-state index in [2.05, 4.69) is 15.5 Å². The molecule has 7 nitrogen and oxygen atoms in total. The number of ether oxygens (including phenoxy) is 1. The van der Waals surface area contributed by atoms with Crippen molar-refractivity contribution in [3.05, 3.63) is 30.1 Å². The number of nitrogens with zero attached hydrogens (tertiary/aromatic N) is 2. The number of hydrogen-bond donors (Lipinski definition) is 2. The summed E-state index contributed by atoms with van der Waals surface area (Å²) in [5.41, 5.74) is 5.97. The minimum Gasteiger partial charge on any atom is -0.403 e. The molecule has 3 N–H and O–H groups in total. The van der Waals surface area contributed by atoms with Crippen LogP contribution in [-0.4, -0.2) is 35.4 Å². The zero-order valence-corrected chi connectivity index (χ0v) is 13.1. The second-order valence-corrected chi connectivity index (χ2v) is 5.79. The number of carbonyl (C=O) groups excluding carboxylic acids is 1. The highest BCUT2D eigenvalue weighted by Gasteiger charge is 2.27. The Morgan fingerprint density at radius 3 is 2.67 bits per heavy atom. The Balaban J connectivity index is 1.72. The lowest BCUT2D eigenvalue weighted by Gasteiger charge is -2.29. The molecule has 3 rings (SSSR count). The average molecular weight is 334 g/mol. The number of amides is 1. The molecule has 1 unspecified atom stereocenters. The molecule has 1 atom stereocenters. The number of aromatic nitrogens is 2. The van der Waals surface area contributed by atoms with Crippen LogP contribution in [0.4, 0.5) is 10.4 Å². The van der Waals surface area contributed by atoms with Gasteiger partial charge in [-0.2, -0.15) is 0 Å². The van der Waals surface area contributed by atoms with Gasteiger partial charge in [-0.25, -0.2) is 4.39 Å². The first-order valence-electron chi connectivity index (χ1n) is 7.84. The third-order valence-corrected chi connectivity index (χ3v) is 4.08. The number of carbonyl (C=O) groups is 1. The van der Waals surface area contributed by atoms with Crippen molar-refractivity contribution in [2.75, 3.05) is 18.5 Å². The lowest BCUT2D eigenvalue weighted by atomic mass is 9.89. The van der Waals surface area contributed by atoms with Crippen molar-refractivity contribution in [3.8, 4) is 11.5 Å². The van der Waals surface area contributed by atoms with Crippen LogP contribution in [0.25, 0.3) is 11.5 Å². The number of hydrogen-bond acceptors (Lipinski definition) is 6. The fraction of sp³-hybridized carbons (Fsp3) is 0.438. The predicted molar refractivity (Wildman–Crippen MR) is 84.5 cm³/mol. The number of nitrogens with two attached hydrogens (primary N) is 1. The second-order valence-electron chi connectivity index (χ2n) is 5.79. The van der Waals surface area contributed by atoms with Gasteiger partial charge in [0.05, 0.1) is 0 Å². The maximum Gasteiger partial charge on any atom is 0.315 e. The van der Waals surface area contributed by atoms with Crippen LogP contribution in [0.5, 0.6) is 0 Å². The van der Waals surface area contributed by atoms with Crippen LogP contribution in [0.1, 0.15) is 19.3 Å². The van der Waals surface area contributed by atoms with E-state index in [0.717, 1.165) is 12.8 Å². The summed E-state index contributed by atoms with van der Waals surface area (Å²) < 4.78 is 23.9. The van der Waals surface area contributed by atoms with E-state index in [0.29, 0.717) is 18.8 Å². The molecule has 0 spiro atoms. The first-order valence-corrected chi connectivity index (χ1v) is 7.84. The lowest BCUT2D eigenvalue weighted by molar-refractivity contribution is -0.118. The van der Waals surface area contributed by atoms with Gasteiger partial charge < -0.3 is 20.2 Å². The van der Waals surface area contributed by atoms with Crippen LogP contribution in [0, 0.1) is 11.7 Å². The van der Waals surface area contributed by atoms with Crippen LogP contribution in [-0.2, 0) is 9.53 Å². The van der Waals surface area contributed by atoms with Gasteiger partial charge >= 0.3 is 6.01 Å². The smallest absolute Gasteiger partial charge is 0.315 e. The van der Waals surface area contributed by atoms with Gasteiger partial charge in [-0.15, -0.1) is 5.10 Å². The van der Waals surface area contributed by atoms with Crippen molar-refractivity contribution < 1.29 is 18.3 Å². The number of rotatable bonds is 6. The molecule has 128 valence electrons. The van der Waals surface area contributed by atoms with Gasteiger partial charge in [-0.1, -0.05) is 5.10 Å². The average Bonchev–Trinajstić information content (AvgIpc) is 3.04. The molecule has 1 fully saturated rings. The van der Waals surface area contributed by atoms with E-state index in [-0.39, 0.29) is 36.1 Å². The fourth-order valence-electron chi connectivity index (χ4n) is 2.82. The van der Waals surface area contributed by atoms with Gasteiger partial charge in [-0.3, -0.25) is 4.79 Å². The molecule has 0 aliphatic carbocycles. The molecule has 0 saturated carbocycles. The number of benzene rings is 1. The summed E-state index contributed by atoms with van der Waals surface area (Å²) in [6.07, 6.45) is 1.85. The highest BCUT2D eigenvalue weighted by Crippen LogP contribution is 2.25. The summed E-state index contributed by atoms with van der Waals surface area (Å²) in [4.78, 5) is 11.3. The van der Waals surface area contributed by atoms with E-state index < -0.39 is 5.91 Å². The number of nitrogens with one attached hydrogen (secondary N) is 1.